The van der Waals surface area contributed by atoms with Gasteiger partial charge in [-0.1, -0.05) is 23.8 Å². The lowest BCUT2D eigenvalue weighted by Gasteiger charge is -2.15. The van der Waals surface area contributed by atoms with Crippen molar-refractivity contribution >= 4 is 23.7 Å². The Morgan fingerprint density at radius 2 is 1.69 bits per heavy atom. The van der Waals surface area contributed by atoms with Crippen LogP contribution in [-0.2, 0) is 11.4 Å². The third kappa shape index (κ3) is 7.17. The lowest BCUT2D eigenvalue weighted by molar-refractivity contribution is -0.114. The maximum atomic E-state index is 12.4. The van der Waals surface area contributed by atoms with Crippen LogP contribution < -0.4 is 20.2 Å². The molecule has 0 fully saturated rings. The van der Waals surface area contributed by atoms with Crippen LogP contribution in [0.3, 0.4) is 0 Å². The first-order valence-electron chi connectivity index (χ1n) is 11.4. The molecule has 0 radical (unpaired) electrons. The Balaban J connectivity index is 1.68. The van der Waals surface area contributed by atoms with Crippen molar-refractivity contribution in [1.29, 1.82) is 0 Å². The Labute approximate surface area is 206 Å². The van der Waals surface area contributed by atoms with E-state index in [9.17, 15) is 9.59 Å². The summed E-state index contributed by atoms with van der Waals surface area (Å²) in [5.74, 6) is 0.653. The number of benzene rings is 3. The minimum absolute atomic E-state index is 0.206. The van der Waals surface area contributed by atoms with Crippen LogP contribution >= 0.6 is 0 Å². The zero-order valence-corrected chi connectivity index (χ0v) is 20.8. The molecule has 2 amide bonds. The van der Waals surface area contributed by atoms with Crippen LogP contribution in [0.5, 0.6) is 11.5 Å². The molecule has 0 saturated carbocycles. The van der Waals surface area contributed by atoms with Gasteiger partial charge in [0.1, 0.15) is 6.61 Å². The van der Waals surface area contributed by atoms with Crippen molar-refractivity contribution in [3.63, 3.8) is 0 Å². The summed E-state index contributed by atoms with van der Waals surface area (Å²) >= 11 is 0. The molecule has 2 N–H and O–H groups in total. The second-order valence-electron chi connectivity index (χ2n) is 8.27. The molecule has 3 aromatic carbocycles. The Morgan fingerprint density at radius 3 is 2.37 bits per heavy atom. The summed E-state index contributed by atoms with van der Waals surface area (Å²) < 4.78 is 11.9. The molecule has 3 aromatic rings. The summed E-state index contributed by atoms with van der Waals surface area (Å²) in [5, 5.41) is 6.71. The highest BCUT2D eigenvalue weighted by Crippen LogP contribution is 2.30. The number of ether oxygens (including phenoxy) is 2. The van der Waals surface area contributed by atoms with Crippen LogP contribution in [-0.4, -0.2) is 24.6 Å². The van der Waals surface area contributed by atoms with Crippen LogP contribution in [0.25, 0.3) is 0 Å². The zero-order chi connectivity index (χ0) is 25.4. The predicted octanol–water partition coefficient (Wildman–Crippen LogP) is 5.31. The number of aryl methyl sites for hydroxylation is 3. The first-order valence-corrected chi connectivity index (χ1v) is 11.4. The molecule has 0 unspecified atom stereocenters. The SMILES string of the molecule is CCOc1cc(C=NNC(=O)c2cccc(NC(C)=O)c2)ccc1OCc1c(C)cc(C)cc1C. The van der Waals surface area contributed by atoms with Crippen molar-refractivity contribution in [1.82, 2.24) is 5.43 Å². The van der Waals surface area contributed by atoms with E-state index in [0.29, 0.717) is 36.0 Å². The summed E-state index contributed by atoms with van der Waals surface area (Å²) in [6, 6.07) is 16.4. The Bertz CT molecular complexity index is 1230. The molecule has 0 aliphatic rings. The van der Waals surface area contributed by atoms with Gasteiger partial charge < -0.3 is 14.8 Å². The molecule has 0 heterocycles. The number of hydrogen-bond donors (Lipinski definition) is 2. The van der Waals surface area contributed by atoms with E-state index in [0.717, 1.165) is 11.1 Å². The van der Waals surface area contributed by atoms with E-state index in [1.54, 1.807) is 24.3 Å². The first kappa shape index (κ1) is 25.5. The van der Waals surface area contributed by atoms with Gasteiger partial charge in [0.05, 0.1) is 12.8 Å². The Morgan fingerprint density at radius 1 is 0.943 bits per heavy atom. The third-order valence-electron chi connectivity index (χ3n) is 5.30. The largest absolute Gasteiger partial charge is 0.490 e. The second-order valence-corrected chi connectivity index (χ2v) is 8.27. The van der Waals surface area contributed by atoms with Gasteiger partial charge in [-0.15, -0.1) is 0 Å². The topological polar surface area (TPSA) is 89.0 Å². The van der Waals surface area contributed by atoms with Crippen molar-refractivity contribution in [2.24, 2.45) is 5.10 Å². The van der Waals surface area contributed by atoms with Crippen LogP contribution in [0.2, 0.25) is 0 Å². The lowest BCUT2D eigenvalue weighted by Crippen LogP contribution is -2.18. The van der Waals surface area contributed by atoms with E-state index < -0.39 is 0 Å². The van der Waals surface area contributed by atoms with E-state index in [-0.39, 0.29) is 11.8 Å². The summed E-state index contributed by atoms with van der Waals surface area (Å²) in [4.78, 5) is 23.6. The highest BCUT2D eigenvalue weighted by molar-refractivity contribution is 5.97. The number of carbonyl (C=O) groups excluding carboxylic acids is 2. The number of hydrazone groups is 1. The van der Waals surface area contributed by atoms with Gasteiger partial charge in [-0.25, -0.2) is 5.43 Å². The minimum Gasteiger partial charge on any atom is -0.490 e. The molecule has 0 aliphatic carbocycles. The number of amides is 2. The molecule has 0 saturated heterocycles. The van der Waals surface area contributed by atoms with E-state index in [1.165, 1.54) is 29.8 Å². The van der Waals surface area contributed by atoms with Crippen LogP contribution in [0.4, 0.5) is 5.69 Å². The molecule has 35 heavy (non-hydrogen) atoms. The van der Waals surface area contributed by atoms with Gasteiger partial charge in [0, 0.05) is 18.2 Å². The fourth-order valence-corrected chi connectivity index (χ4v) is 3.75. The van der Waals surface area contributed by atoms with Gasteiger partial charge in [-0.05, 0) is 86.3 Å². The lowest BCUT2D eigenvalue weighted by atomic mass is 10.0. The van der Waals surface area contributed by atoms with Crippen LogP contribution in [0, 0.1) is 20.8 Å². The molecule has 3 rings (SSSR count). The highest BCUT2D eigenvalue weighted by atomic mass is 16.5. The number of carbonyl (C=O) groups is 2. The van der Waals surface area contributed by atoms with Gasteiger partial charge in [0.2, 0.25) is 5.91 Å². The van der Waals surface area contributed by atoms with Gasteiger partial charge in [0.25, 0.3) is 5.91 Å². The maximum Gasteiger partial charge on any atom is 0.271 e. The zero-order valence-electron chi connectivity index (χ0n) is 20.8. The molecule has 0 aliphatic heterocycles. The highest BCUT2D eigenvalue weighted by Gasteiger charge is 2.10. The number of hydrogen-bond acceptors (Lipinski definition) is 5. The van der Waals surface area contributed by atoms with Gasteiger partial charge in [-0.3, -0.25) is 9.59 Å². The fourth-order valence-electron chi connectivity index (χ4n) is 3.75. The van der Waals surface area contributed by atoms with Gasteiger partial charge in [-0.2, -0.15) is 5.10 Å². The van der Waals surface area contributed by atoms with Crippen molar-refractivity contribution in [3.05, 3.63) is 88.0 Å². The van der Waals surface area contributed by atoms with Crippen molar-refractivity contribution in [2.75, 3.05) is 11.9 Å². The third-order valence-corrected chi connectivity index (χ3v) is 5.30. The Hall–Kier alpha value is -4.13. The number of nitrogens with one attached hydrogen (secondary N) is 2. The van der Waals surface area contributed by atoms with E-state index in [1.807, 2.05) is 25.1 Å². The standard InChI is InChI=1S/C28H31N3O4/c1-6-34-27-14-22(10-11-26(27)35-17-25-19(3)12-18(2)13-20(25)4)16-29-31-28(33)23-8-7-9-24(15-23)30-21(5)32/h7-16H,6,17H2,1-5H3,(H,30,32)(H,31,33). The minimum atomic E-state index is -0.387. The predicted molar refractivity (Wildman–Crippen MR) is 138 cm³/mol. The van der Waals surface area contributed by atoms with Gasteiger partial charge in [0.15, 0.2) is 11.5 Å². The average molecular weight is 474 g/mol. The summed E-state index contributed by atoms with van der Waals surface area (Å²) in [6.07, 6.45) is 1.54. The van der Waals surface area contributed by atoms with Crippen molar-refractivity contribution in [2.45, 2.75) is 41.2 Å². The second kappa shape index (κ2) is 11.8. The molecule has 0 spiro atoms. The number of nitrogens with zero attached hydrogens (tertiary/aromatic N) is 1. The smallest absolute Gasteiger partial charge is 0.271 e. The summed E-state index contributed by atoms with van der Waals surface area (Å²) in [6.45, 7) is 10.5. The molecule has 0 atom stereocenters. The van der Waals surface area contributed by atoms with Crippen molar-refractivity contribution < 1.29 is 19.1 Å². The Kier molecular flexibility index (Phi) is 8.62. The van der Waals surface area contributed by atoms with E-state index in [4.69, 9.17) is 9.47 Å². The molecule has 0 bridgehead atoms. The van der Waals surface area contributed by atoms with Crippen molar-refractivity contribution in [3.8, 4) is 11.5 Å². The summed E-state index contributed by atoms with van der Waals surface area (Å²) in [5.41, 5.74) is 8.96. The fraction of sp³-hybridized carbons (Fsp3) is 0.250. The quantitative estimate of drug-likeness (QED) is 0.326. The molecule has 182 valence electrons. The monoisotopic (exact) mass is 473 g/mol. The molecule has 0 aromatic heterocycles. The van der Waals surface area contributed by atoms with E-state index >= 15 is 0 Å². The summed E-state index contributed by atoms with van der Waals surface area (Å²) in [7, 11) is 0. The van der Waals surface area contributed by atoms with Crippen LogP contribution in [0.15, 0.2) is 59.7 Å². The molecule has 7 nitrogen and oxygen atoms in total. The molecule has 7 heteroatoms. The van der Waals surface area contributed by atoms with Gasteiger partial charge >= 0.3 is 0 Å². The first-order chi connectivity index (χ1) is 16.8. The molecular formula is C28H31N3O4. The normalized spacial score (nSPS) is 10.8. The van der Waals surface area contributed by atoms with E-state index in [2.05, 4.69) is 48.7 Å². The number of rotatable bonds is 9. The number of anilines is 1. The maximum absolute atomic E-state index is 12.4. The van der Waals surface area contributed by atoms with Crippen LogP contribution in [0.1, 0.15) is 52.0 Å². The molecular weight excluding hydrogens is 442 g/mol. The average Bonchev–Trinajstić information content (AvgIpc) is 2.79.